The third-order valence-electron chi connectivity index (χ3n) is 4.86. The molecule has 27 heavy (non-hydrogen) atoms. The first-order valence-corrected chi connectivity index (χ1v) is 11.1. The van der Waals surface area contributed by atoms with Gasteiger partial charge in [-0.2, -0.15) is 0 Å². The summed E-state index contributed by atoms with van der Waals surface area (Å²) in [5.74, 6) is -0.768. The summed E-state index contributed by atoms with van der Waals surface area (Å²) >= 11 is 0. The van der Waals surface area contributed by atoms with Crippen LogP contribution in [0.5, 0.6) is 0 Å². The maximum Gasteiger partial charge on any atom is 0.224 e. The smallest absolute Gasteiger partial charge is 0.224 e. The number of amides is 1. The van der Waals surface area contributed by atoms with E-state index in [1.54, 1.807) is 24.3 Å². The molecule has 2 aromatic rings. The van der Waals surface area contributed by atoms with Gasteiger partial charge in [-0.05, 0) is 37.5 Å². The lowest BCUT2D eigenvalue weighted by atomic mass is 9.97. The van der Waals surface area contributed by atoms with Gasteiger partial charge >= 0.3 is 0 Å². The molecular weight excluding hydrogens is 358 g/mol. The summed E-state index contributed by atoms with van der Waals surface area (Å²) in [4.78, 5) is 13.1. The third-order valence-corrected chi connectivity index (χ3v) is 7.15. The van der Waals surface area contributed by atoms with Crippen LogP contribution in [0.1, 0.15) is 44.2 Å². The molecule has 5 heteroatoms. The fourth-order valence-corrected chi connectivity index (χ4v) is 5.45. The van der Waals surface area contributed by atoms with Gasteiger partial charge in [0.25, 0.3) is 0 Å². The molecular formula is C22H29NO3S. The highest BCUT2D eigenvalue weighted by Gasteiger charge is 2.37. The van der Waals surface area contributed by atoms with Crippen LogP contribution in [0.3, 0.4) is 0 Å². The average molecular weight is 388 g/mol. The fourth-order valence-electron chi connectivity index (χ4n) is 3.29. The predicted octanol–water partition coefficient (Wildman–Crippen LogP) is 4.28. The maximum atomic E-state index is 13.2. The van der Waals surface area contributed by atoms with Crippen molar-refractivity contribution in [3.05, 3.63) is 65.7 Å². The SMILES string of the molecule is CCCC([C@@H](CC)C(=O)NCc1ccccc1)S(=O)(=O)c1ccc(C)cc1. The second-order valence-electron chi connectivity index (χ2n) is 6.90. The van der Waals surface area contributed by atoms with E-state index in [2.05, 4.69) is 5.32 Å². The van der Waals surface area contributed by atoms with Crippen LogP contribution in [0.25, 0.3) is 0 Å². The summed E-state index contributed by atoms with van der Waals surface area (Å²) in [5, 5.41) is 2.20. The Hall–Kier alpha value is -2.14. The summed E-state index contributed by atoms with van der Waals surface area (Å²) in [6.07, 6.45) is 1.65. The molecule has 2 rings (SSSR count). The molecule has 0 aliphatic heterocycles. The van der Waals surface area contributed by atoms with Crippen molar-refractivity contribution in [1.29, 1.82) is 0 Å². The third kappa shape index (κ3) is 5.42. The van der Waals surface area contributed by atoms with E-state index < -0.39 is 21.0 Å². The molecule has 0 spiro atoms. The second kappa shape index (κ2) is 9.70. The molecule has 0 radical (unpaired) electrons. The zero-order valence-corrected chi connectivity index (χ0v) is 17.1. The molecule has 0 saturated carbocycles. The number of nitrogens with one attached hydrogen (secondary N) is 1. The summed E-state index contributed by atoms with van der Waals surface area (Å²) in [6.45, 7) is 6.15. The first-order valence-electron chi connectivity index (χ1n) is 9.52. The molecule has 0 saturated heterocycles. The van der Waals surface area contributed by atoms with E-state index in [4.69, 9.17) is 0 Å². The van der Waals surface area contributed by atoms with Gasteiger partial charge in [0.05, 0.1) is 16.1 Å². The molecule has 1 amide bonds. The Bertz CT molecular complexity index is 830. The molecule has 0 aliphatic rings. The van der Waals surface area contributed by atoms with Crippen LogP contribution in [-0.2, 0) is 21.2 Å². The molecule has 0 fully saturated rings. The van der Waals surface area contributed by atoms with Crippen molar-refractivity contribution in [2.75, 3.05) is 0 Å². The lowest BCUT2D eigenvalue weighted by Crippen LogP contribution is -2.41. The number of aryl methyl sites for hydroxylation is 1. The lowest BCUT2D eigenvalue weighted by Gasteiger charge is -2.25. The number of carbonyl (C=O) groups excluding carboxylic acids is 1. The second-order valence-corrected chi connectivity index (χ2v) is 9.07. The number of hydrogen-bond acceptors (Lipinski definition) is 3. The fraction of sp³-hybridized carbons (Fsp3) is 0.409. The van der Waals surface area contributed by atoms with Crippen LogP contribution in [0, 0.1) is 12.8 Å². The number of sulfone groups is 1. The van der Waals surface area contributed by atoms with Crippen LogP contribution < -0.4 is 5.32 Å². The minimum absolute atomic E-state index is 0.199. The topological polar surface area (TPSA) is 63.2 Å². The zero-order valence-electron chi connectivity index (χ0n) is 16.3. The molecule has 4 nitrogen and oxygen atoms in total. The molecule has 1 N–H and O–H groups in total. The van der Waals surface area contributed by atoms with Crippen molar-refractivity contribution in [2.24, 2.45) is 5.92 Å². The monoisotopic (exact) mass is 387 g/mol. The standard InChI is InChI=1S/C22H29NO3S/c1-4-9-21(27(25,26)19-14-12-17(3)13-15-19)20(5-2)22(24)23-16-18-10-7-6-8-11-18/h6-8,10-15,20-21H,4-5,9,16H2,1-3H3,(H,23,24)/t20-,21?/m1/s1. The Morgan fingerprint density at radius 1 is 1.00 bits per heavy atom. The van der Waals surface area contributed by atoms with Gasteiger partial charge in [-0.25, -0.2) is 8.42 Å². The maximum absolute atomic E-state index is 13.2. The highest BCUT2D eigenvalue weighted by molar-refractivity contribution is 7.92. The van der Waals surface area contributed by atoms with Gasteiger partial charge in [0.2, 0.25) is 5.91 Å². The highest BCUT2D eigenvalue weighted by Crippen LogP contribution is 2.28. The number of hydrogen-bond donors (Lipinski definition) is 1. The van der Waals surface area contributed by atoms with Gasteiger partial charge < -0.3 is 5.32 Å². The van der Waals surface area contributed by atoms with E-state index in [0.717, 1.165) is 11.1 Å². The van der Waals surface area contributed by atoms with Crippen LogP contribution in [0.15, 0.2) is 59.5 Å². The first-order chi connectivity index (χ1) is 12.9. The predicted molar refractivity (Wildman–Crippen MR) is 109 cm³/mol. The van der Waals surface area contributed by atoms with Gasteiger partial charge in [-0.3, -0.25) is 4.79 Å². The minimum Gasteiger partial charge on any atom is -0.352 e. The Kier molecular flexibility index (Phi) is 7.60. The van der Waals surface area contributed by atoms with E-state index in [1.165, 1.54) is 0 Å². The van der Waals surface area contributed by atoms with Crippen molar-refractivity contribution in [1.82, 2.24) is 5.32 Å². The van der Waals surface area contributed by atoms with Gasteiger partial charge in [0.1, 0.15) is 0 Å². The summed E-state index contributed by atoms with van der Waals surface area (Å²) in [7, 11) is -3.58. The minimum atomic E-state index is -3.58. The molecule has 2 aromatic carbocycles. The molecule has 2 atom stereocenters. The molecule has 0 bridgehead atoms. The largest absolute Gasteiger partial charge is 0.352 e. The molecule has 0 aliphatic carbocycles. The summed E-state index contributed by atoms with van der Waals surface area (Å²) in [5.41, 5.74) is 2.00. The normalized spacial score (nSPS) is 13.7. The molecule has 0 heterocycles. The number of carbonyl (C=O) groups is 1. The van der Waals surface area contributed by atoms with Crippen molar-refractivity contribution in [3.63, 3.8) is 0 Å². The Morgan fingerprint density at radius 3 is 2.19 bits per heavy atom. The van der Waals surface area contributed by atoms with Gasteiger partial charge in [0, 0.05) is 6.54 Å². The Morgan fingerprint density at radius 2 is 1.63 bits per heavy atom. The van der Waals surface area contributed by atoms with Gasteiger partial charge in [0.15, 0.2) is 9.84 Å². The van der Waals surface area contributed by atoms with E-state index in [9.17, 15) is 13.2 Å². The van der Waals surface area contributed by atoms with Crippen LogP contribution in [0.2, 0.25) is 0 Å². The quantitative estimate of drug-likeness (QED) is 0.698. The van der Waals surface area contributed by atoms with E-state index in [1.807, 2.05) is 51.1 Å². The van der Waals surface area contributed by atoms with Crippen molar-refractivity contribution in [2.45, 2.75) is 56.7 Å². The average Bonchev–Trinajstić information content (AvgIpc) is 2.67. The van der Waals surface area contributed by atoms with Crippen LogP contribution in [0.4, 0.5) is 0 Å². The lowest BCUT2D eigenvalue weighted by molar-refractivity contribution is -0.125. The van der Waals surface area contributed by atoms with Crippen molar-refractivity contribution in [3.8, 4) is 0 Å². The summed E-state index contributed by atoms with van der Waals surface area (Å²) in [6, 6.07) is 16.5. The number of rotatable bonds is 9. The first kappa shape index (κ1) is 21.2. The van der Waals surface area contributed by atoms with Crippen LogP contribution in [-0.4, -0.2) is 19.6 Å². The van der Waals surface area contributed by atoms with Crippen LogP contribution >= 0.6 is 0 Å². The molecule has 0 aromatic heterocycles. The Labute approximate surface area is 162 Å². The zero-order chi connectivity index (χ0) is 19.9. The van der Waals surface area contributed by atoms with E-state index in [-0.39, 0.29) is 5.91 Å². The van der Waals surface area contributed by atoms with Crippen molar-refractivity contribution >= 4 is 15.7 Å². The Balaban J connectivity index is 2.23. The molecule has 146 valence electrons. The van der Waals surface area contributed by atoms with E-state index >= 15 is 0 Å². The summed E-state index contributed by atoms with van der Waals surface area (Å²) < 4.78 is 26.5. The van der Waals surface area contributed by atoms with Gasteiger partial charge in [-0.15, -0.1) is 0 Å². The highest BCUT2D eigenvalue weighted by atomic mass is 32.2. The van der Waals surface area contributed by atoms with Crippen molar-refractivity contribution < 1.29 is 13.2 Å². The van der Waals surface area contributed by atoms with Gasteiger partial charge in [-0.1, -0.05) is 68.3 Å². The number of benzene rings is 2. The molecule has 1 unspecified atom stereocenters. The van der Waals surface area contributed by atoms with E-state index in [0.29, 0.717) is 30.7 Å².